The van der Waals surface area contributed by atoms with E-state index in [1.165, 1.54) is 0 Å². The van der Waals surface area contributed by atoms with Crippen molar-refractivity contribution >= 4 is 21.6 Å². The van der Waals surface area contributed by atoms with E-state index in [2.05, 4.69) is 4.72 Å². The molecule has 0 atom stereocenters. The molecule has 2 rings (SSSR count). The molecule has 4 nitrogen and oxygen atoms in total. The predicted molar refractivity (Wildman–Crippen MR) is 70.4 cm³/mol. The van der Waals surface area contributed by atoms with Crippen molar-refractivity contribution in [3.8, 4) is 0 Å². The summed E-state index contributed by atoms with van der Waals surface area (Å²) >= 11 is 5.52. The minimum Gasteiger partial charge on any atom is -0.394 e. The zero-order valence-electron chi connectivity index (χ0n) is 10.7. The molecule has 1 aromatic carbocycles. The van der Waals surface area contributed by atoms with Gasteiger partial charge in [0.2, 0.25) is 10.0 Å². The van der Waals surface area contributed by atoms with Crippen LogP contribution < -0.4 is 4.72 Å². The highest BCUT2D eigenvalue weighted by Crippen LogP contribution is 2.38. The number of alkyl halides is 3. The number of hydrogen-bond acceptors (Lipinski definition) is 3. The molecule has 0 amide bonds. The molecule has 9 heteroatoms. The van der Waals surface area contributed by atoms with Crippen LogP contribution in [0.3, 0.4) is 0 Å². The van der Waals surface area contributed by atoms with Gasteiger partial charge < -0.3 is 5.11 Å². The summed E-state index contributed by atoms with van der Waals surface area (Å²) in [5.41, 5.74) is -2.39. The Morgan fingerprint density at radius 3 is 2.38 bits per heavy atom. The lowest BCUT2D eigenvalue weighted by molar-refractivity contribution is -0.139. The smallest absolute Gasteiger partial charge is 0.394 e. The standard InChI is InChI=1S/C12H13ClF3NO3S/c13-8-2-3-10(9(6-8)12(14,15)16)21(19,20)17-11(7-18)4-1-5-11/h2-3,6,17-18H,1,4-5,7H2. The number of hydrogen-bond donors (Lipinski definition) is 2. The second-order valence-corrected chi connectivity index (χ2v) is 7.12. The SMILES string of the molecule is O=S(=O)(NC1(CO)CCC1)c1ccc(Cl)cc1C(F)(F)F. The quantitative estimate of drug-likeness (QED) is 0.883. The van der Waals surface area contributed by atoms with Crippen molar-refractivity contribution in [1.29, 1.82) is 0 Å². The van der Waals surface area contributed by atoms with Gasteiger partial charge in [-0.25, -0.2) is 13.1 Å². The van der Waals surface area contributed by atoms with E-state index in [9.17, 15) is 26.7 Å². The van der Waals surface area contributed by atoms with Crippen LogP contribution in [0.1, 0.15) is 24.8 Å². The van der Waals surface area contributed by atoms with Gasteiger partial charge in [0.1, 0.15) is 0 Å². The van der Waals surface area contributed by atoms with Crippen LogP contribution in [0, 0.1) is 0 Å². The first-order valence-corrected chi connectivity index (χ1v) is 7.97. The van der Waals surface area contributed by atoms with Crippen LogP contribution in [0.15, 0.2) is 23.1 Å². The van der Waals surface area contributed by atoms with Gasteiger partial charge in [-0.1, -0.05) is 11.6 Å². The van der Waals surface area contributed by atoms with Gasteiger partial charge in [0.25, 0.3) is 0 Å². The summed E-state index contributed by atoms with van der Waals surface area (Å²) in [5, 5.41) is 9.04. The molecule has 118 valence electrons. The van der Waals surface area contributed by atoms with Crippen molar-refractivity contribution in [1.82, 2.24) is 4.72 Å². The highest BCUT2D eigenvalue weighted by Gasteiger charge is 2.43. The average Bonchev–Trinajstić information content (AvgIpc) is 2.32. The van der Waals surface area contributed by atoms with E-state index in [4.69, 9.17) is 11.6 Å². The number of sulfonamides is 1. The fraction of sp³-hybridized carbons (Fsp3) is 0.500. The Morgan fingerprint density at radius 1 is 1.33 bits per heavy atom. The van der Waals surface area contributed by atoms with Crippen LogP contribution in [0.25, 0.3) is 0 Å². The predicted octanol–water partition coefficient (Wildman–Crippen LogP) is 2.55. The molecule has 0 aliphatic heterocycles. The number of rotatable bonds is 4. The number of benzene rings is 1. The van der Waals surface area contributed by atoms with E-state index in [0.717, 1.165) is 12.1 Å². The van der Waals surface area contributed by atoms with Crippen molar-refractivity contribution in [2.45, 2.75) is 35.9 Å². The molecule has 2 N–H and O–H groups in total. The number of halogens is 4. The topological polar surface area (TPSA) is 66.4 Å². The van der Waals surface area contributed by atoms with E-state index >= 15 is 0 Å². The van der Waals surface area contributed by atoms with Crippen LogP contribution in [0.4, 0.5) is 13.2 Å². The molecule has 0 aromatic heterocycles. The third-order valence-corrected chi connectivity index (χ3v) is 5.37. The van der Waals surface area contributed by atoms with E-state index in [1.807, 2.05) is 0 Å². The first kappa shape index (κ1) is 16.5. The molecule has 0 heterocycles. The van der Waals surface area contributed by atoms with Crippen molar-refractivity contribution < 1.29 is 26.7 Å². The molecule has 1 aliphatic carbocycles. The van der Waals surface area contributed by atoms with Gasteiger partial charge in [-0.2, -0.15) is 13.2 Å². The van der Waals surface area contributed by atoms with Crippen LogP contribution in [-0.2, 0) is 16.2 Å². The molecule has 0 bridgehead atoms. The molecule has 1 fully saturated rings. The van der Waals surface area contributed by atoms with Gasteiger partial charge in [-0.15, -0.1) is 0 Å². The minimum atomic E-state index is -4.85. The lowest BCUT2D eigenvalue weighted by Gasteiger charge is -2.40. The number of aliphatic hydroxyl groups excluding tert-OH is 1. The maximum absolute atomic E-state index is 13.0. The van der Waals surface area contributed by atoms with Gasteiger partial charge in [-0.05, 0) is 37.5 Å². The molecule has 21 heavy (non-hydrogen) atoms. The Balaban J connectivity index is 2.45. The molecule has 1 aromatic rings. The van der Waals surface area contributed by atoms with E-state index < -0.39 is 38.8 Å². The molecule has 0 spiro atoms. The summed E-state index contributed by atoms with van der Waals surface area (Å²) in [6, 6.07) is 2.47. The Kier molecular flexibility index (Phi) is 4.27. The van der Waals surface area contributed by atoms with E-state index in [0.29, 0.717) is 25.3 Å². The normalized spacial score (nSPS) is 18.3. The van der Waals surface area contributed by atoms with Gasteiger partial charge in [0, 0.05) is 5.02 Å². The van der Waals surface area contributed by atoms with Crippen LogP contribution in [-0.4, -0.2) is 25.7 Å². The summed E-state index contributed by atoms with van der Waals surface area (Å²) in [6.45, 7) is -0.457. The molecule has 1 saturated carbocycles. The van der Waals surface area contributed by atoms with Gasteiger partial charge in [-0.3, -0.25) is 0 Å². The third kappa shape index (κ3) is 3.33. The lowest BCUT2D eigenvalue weighted by Crippen LogP contribution is -2.56. The highest BCUT2D eigenvalue weighted by atomic mass is 35.5. The second-order valence-electron chi connectivity index (χ2n) is 5.04. The number of aliphatic hydroxyl groups is 1. The largest absolute Gasteiger partial charge is 0.417 e. The third-order valence-electron chi connectivity index (χ3n) is 3.50. The monoisotopic (exact) mass is 343 g/mol. The van der Waals surface area contributed by atoms with Gasteiger partial charge in [0.05, 0.1) is 22.6 Å². The molecular weight excluding hydrogens is 331 g/mol. The van der Waals surface area contributed by atoms with Gasteiger partial charge in [0.15, 0.2) is 0 Å². The van der Waals surface area contributed by atoms with Crippen molar-refractivity contribution in [2.75, 3.05) is 6.61 Å². The lowest BCUT2D eigenvalue weighted by atomic mass is 9.78. The Bertz CT molecular complexity index is 636. The van der Waals surface area contributed by atoms with Gasteiger partial charge >= 0.3 is 6.18 Å². The Hall–Kier alpha value is -0.830. The maximum Gasteiger partial charge on any atom is 0.417 e. The summed E-state index contributed by atoms with van der Waals surface area (Å²) < 4.78 is 65.5. The Labute approximate surface area is 125 Å². The van der Waals surface area contributed by atoms with Crippen LogP contribution in [0.5, 0.6) is 0 Å². The average molecular weight is 344 g/mol. The fourth-order valence-corrected chi connectivity index (χ4v) is 4.03. The molecule has 0 radical (unpaired) electrons. The van der Waals surface area contributed by atoms with E-state index in [1.54, 1.807) is 0 Å². The van der Waals surface area contributed by atoms with Crippen LogP contribution in [0.2, 0.25) is 5.02 Å². The van der Waals surface area contributed by atoms with Crippen molar-refractivity contribution in [3.63, 3.8) is 0 Å². The Morgan fingerprint density at radius 2 is 1.95 bits per heavy atom. The molecular formula is C12H13ClF3NO3S. The molecule has 0 unspecified atom stereocenters. The molecule has 0 saturated heterocycles. The summed E-state index contributed by atoms with van der Waals surface area (Å²) in [7, 11) is -4.41. The maximum atomic E-state index is 13.0. The first-order valence-electron chi connectivity index (χ1n) is 6.11. The van der Waals surface area contributed by atoms with Crippen LogP contribution >= 0.6 is 11.6 Å². The zero-order chi connectivity index (χ0) is 15.9. The fourth-order valence-electron chi connectivity index (χ4n) is 2.19. The summed E-state index contributed by atoms with van der Waals surface area (Å²) in [4.78, 5) is -0.890. The van der Waals surface area contributed by atoms with Crippen molar-refractivity contribution in [2.24, 2.45) is 0 Å². The minimum absolute atomic E-state index is 0.207. The molecule has 1 aliphatic rings. The zero-order valence-corrected chi connectivity index (χ0v) is 12.3. The highest BCUT2D eigenvalue weighted by molar-refractivity contribution is 7.89. The summed E-state index contributed by atoms with van der Waals surface area (Å²) in [6.07, 6.45) is -3.37. The van der Waals surface area contributed by atoms with E-state index in [-0.39, 0.29) is 5.02 Å². The second kappa shape index (κ2) is 5.42. The van der Waals surface area contributed by atoms with Crippen molar-refractivity contribution in [3.05, 3.63) is 28.8 Å². The first-order chi connectivity index (χ1) is 9.60. The summed E-state index contributed by atoms with van der Waals surface area (Å²) in [5.74, 6) is 0. The number of nitrogens with one attached hydrogen (secondary N) is 1.